The van der Waals surface area contributed by atoms with Crippen LogP contribution in [0.3, 0.4) is 0 Å². The van der Waals surface area contributed by atoms with Crippen molar-refractivity contribution in [2.75, 3.05) is 19.7 Å². The third-order valence-corrected chi connectivity index (χ3v) is 6.74. The highest BCUT2D eigenvalue weighted by atomic mass is 32.1. The number of carbonyl (C=O) groups is 2. The first kappa shape index (κ1) is 18.6. The number of hydrogen-bond acceptors (Lipinski definition) is 6. The normalized spacial score (nSPS) is 23.7. The van der Waals surface area contributed by atoms with Crippen LogP contribution in [0.15, 0.2) is 28.4 Å². The van der Waals surface area contributed by atoms with Gasteiger partial charge in [-0.1, -0.05) is 0 Å². The number of ether oxygens (including phenoxy) is 1. The first-order chi connectivity index (χ1) is 13.2. The summed E-state index contributed by atoms with van der Waals surface area (Å²) in [5.41, 5.74) is 1.18. The lowest BCUT2D eigenvalue weighted by atomic mass is 10.1. The molecule has 3 unspecified atom stereocenters. The van der Waals surface area contributed by atoms with Crippen LogP contribution in [0.5, 0.6) is 0 Å². The summed E-state index contributed by atoms with van der Waals surface area (Å²) in [6.45, 7) is 1.86. The monoisotopic (exact) mass is 405 g/mol. The molecule has 2 aromatic heterocycles. The van der Waals surface area contributed by atoms with Gasteiger partial charge in [0.25, 0.3) is 0 Å². The SMILES string of the molecule is O=C(NC(Cc1ccsc1)c1nccs1)C1CC(=O)N(CC2CCCO2)C1. The Kier molecular flexibility index (Phi) is 5.85. The minimum Gasteiger partial charge on any atom is -0.376 e. The van der Waals surface area contributed by atoms with Crippen LogP contribution in [0.1, 0.15) is 35.9 Å². The predicted molar refractivity (Wildman–Crippen MR) is 105 cm³/mol. The van der Waals surface area contributed by atoms with Crippen molar-refractivity contribution in [1.82, 2.24) is 15.2 Å². The molecule has 144 valence electrons. The average Bonchev–Trinajstić information content (AvgIpc) is 3.44. The quantitative estimate of drug-likeness (QED) is 0.769. The van der Waals surface area contributed by atoms with Crippen molar-refractivity contribution in [1.29, 1.82) is 0 Å². The molecule has 0 saturated carbocycles. The number of hydrogen-bond donors (Lipinski definition) is 1. The zero-order chi connectivity index (χ0) is 18.6. The van der Waals surface area contributed by atoms with E-state index >= 15 is 0 Å². The van der Waals surface area contributed by atoms with Crippen LogP contribution in [-0.4, -0.2) is 47.5 Å². The summed E-state index contributed by atoms with van der Waals surface area (Å²) in [5.74, 6) is -0.313. The Bertz CT molecular complexity index is 757. The highest BCUT2D eigenvalue weighted by molar-refractivity contribution is 7.09. The molecule has 27 heavy (non-hydrogen) atoms. The minimum atomic E-state index is -0.302. The molecule has 4 heterocycles. The second-order valence-electron chi connectivity index (χ2n) is 7.10. The molecular formula is C19H23N3O3S2. The number of nitrogens with zero attached hydrogens (tertiary/aromatic N) is 2. The molecule has 0 spiro atoms. The maximum atomic E-state index is 12.9. The van der Waals surface area contributed by atoms with Crippen LogP contribution in [0.4, 0.5) is 0 Å². The highest BCUT2D eigenvalue weighted by Gasteiger charge is 2.36. The van der Waals surface area contributed by atoms with E-state index in [-0.39, 0.29) is 36.3 Å². The van der Waals surface area contributed by atoms with Crippen molar-refractivity contribution in [2.24, 2.45) is 5.92 Å². The van der Waals surface area contributed by atoms with Crippen LogP contribution < -0.4 is 5.32 Å². The third kappa shape index (κ3) is 4.56. The summed E-state index contributed by atoms with van der Waals surface area (Å²) in [7, 11) is 0. The first-order valence-corrected chi connectivity index (χ1v) is 11.1. The molecule has 2 aliphatic rings. The molecule has 8 heteroatoms. The number of rotatable bonds is 7. The lowest BCUT2D eigenvalue weighted by molar-refractivity contribution is -0.130. The van der Waals surface area contributed by atoms with Gasteiger partial charge >= 0.3 is 0 Å². The van der Waals surface area contributed by atoms with E-state index in [1.807, 2.05) is 10.8 Å². The lowest BCUT2D eigenvalue weighted by Gasteiger charge is -2.21. The van der Waals surface area contributed by atoms with Gasteiger partial charge in [-0.15, -0.1) is 11.3 Å². The van der Waals surface area contributed by atoms with E-state index < -0.39 is 0 Å². The Morgan fingerprint density at radius 1 is 1.44 bits per heavy atom. The van der Waals surface area contributed by atoms with Gasteiger partial charge in [0.1, 0.15) is 5.01 Å². The lowest BCUT2D eigenvalue weighted by Crippen LogP contribution is -2.37. The van der Waals surface area contributed by atoms with Crippen molar-refractivity contribution in [3.8, 4) is 0 Å². The molecule has 6 nitrogen and oxygen atoms in total. The Balaban J connectivity index is 1.38. The number of amides is 2. The maximum absolute atomic E-state index is 12.9. The number of carbonyl (C=O) groups excluding carboxylic acids is 2. The van der Waals surface area contributed by atoms with Gasteiger partial charge in [-0.2, -0.15) is 11.3 Å². The van der Waals surface area contributed by atoms with Gasteiger partial charge in [0.2, 0.25) is 11.8 Å². The van der Waals surface area contributed by atoms with E-state index in [0.29, 0.717) is 19.5 Å². The van der Waals surface area contributed by atoms with E-state index in [0.717, 1.165) is 24.5 Å². The Morgan fingerprint density at radius 3 is 3.07 bits per heavy atom. The number of aromatic nitrogens is 1. The summed E-state index contributed by atoms with van der Waals surface area (Å²) in [5, 5.41) is 10.1. The summed E-state index contributed by atoms with van der Waals surface area (Å²) in [4.78, 5) is 31.4. The van der Waals surface area contributed by atoms with Gasteiger partial charge in [0.05, 0.1) is 18.1 Å². The summed E-state index contributed by atoms with van der Waals surface area (Å²) in [6.07, 6.45) is 4.92. The van der Waals surface area contributed by atoms with Crippen LogP contribution >= 0.6 is 22.7 Å². The molecule has 4 rings (SSSR count). The summed E-state index contributed by atoms with van der Waals surface area (Å²) < 4.78 is 5.63. The predicted octanol–water partition coefficient (Wildman–Crippen LogP) is 2.63. The fourth-order valence-electron chi connectivity index (χ4n) is 3.70. The molecule has 1 N–H and O–H groups in total. The smallest absolute Gasteiger partial charge is 0.225 e. The number of likely N-dealkylation sites (tertiary alicyclic amines) is 1. The molecule has 2 aliphatic heterocycles. The van der Waals surface area contributed by atoms with E-state index in [2.05, 4.69) is 21.7 Å². The largest absolute Gasteiger partial charge is 0.376 e. The van der Waals surface area contributed by atoms with E-state index in [1.54, 1.807) is 33.8 Å². The minimum absolute atomic E-state index is 0.0503. The summed E-state index contributed by atoms with van der Waals surface area (Å²) >= 11 is 3.19. The van der Waals surface area contributed by atoms with Crippen molar-refractivity contribution in [2.45, 2.75) is 37.8 Å². The van der Waals surface area contributed by atoms with Crippen LogP contribution in [0.25, 0.3) is 0 Å². The van der Waals surface area contributed by atoms with Crippen molar-refractivity contribution >= 4 is 34.5 Å². The molecule has 0 bridgehead atoms. The average molecular weight is 406 g/mol. The Hall–Kier alpha value is -1.77. The highest BCUT2D eigenvalue weighted by Crippen LogP contribution is 2.25. The van der Waals surface area contributed by atoms with Gasteiger partial charge < -0.3 is 15.0 Å². The summed E-state index contributed by atoms with van der Waals surface area (Å²) in [6, 6.07) is 1.91. The van der Waals surface area contributed by atoms with Crippen LogP contribution in [0.2, 0.25) is 0 Å². The molecule has 3 atom stereocenters. The zero-order valence-electron chi connectivity index (χ0n) is 15.0. The van der Waals surface area contributed by atoms with Crippen molar-refractivity contribution in [3.05, 3.63) is 39.0 Å². The van der Waals surface area contributed by atoms with Gasteiger partial charge in [0, 0.05) is 44.1 Å². The van der Waals surface area contributed by atoms with E-state index in [4.69, 9.17) is 4.74 Å². The molecule has 2 fully saturated rings. The molecule has 0 aromatic carbocycles. The van der Waals surface area contributed by atoms with Gasteiger partial charge in [-0.3, -0.25) is 9.59 Å². The standard InChI is InChI=1S/C19H23N3O3S2/c23-17-9-14(10-22(17)11-15-2-1-5-25-15)18(24)21-16(19-20-4-7-27-19)8-13-3-6-26-12-13/h3-4,6-7,12,14-16H,1-2,5,8-11H2,(H,21,24). The number of thiazole rings is 1. The van der Waals surface area contributed by atoms with E-state index in [1.165, 1.54) is 5.56 Å². The topological polar surface area (TPSA) is 71.5 Å². The fourth-order valence-corrected chi connectivity index (χ4v) is 5.07. The first-order valence-electron chi connectivity index (χ1n) is 9.29. The zero-order valence-corrected chi connectivity index (χ0v) is 16.6. The Morgan fingerprint density at radius 2 is 2.37 bits per heavy atom. The van der Waals surface area contributed by atoms with Gasteiger partial charge in [-0.25, -0.2) is 4.98 Å². The van der Waals surface area contributed by atoms with Gasteiger partial charge in [0.15, 0.2) is 0 Å². The molecule has 0 radical (unpaired) electrons. The molecule has 2 saturated heterocycles. The Labute approximate surface area is 166 Å². The molecule has 2 aromatic rings. The van der Waals surface area contributed by atoms with E-state index in [9.17, 15) is 9.59 Å². The second kappa shape index (κ2) is 8.50. The number of nitrogens with one attached hydrogen (secondary N) is 1. The third-order valence-electron chi connectivity index (χ3n) is 5.12. The van der Waals surface area contributed by atoms with Gasteiger partial charge in [-0.05, 0) is 35.2 Å². The molecule has 2 amide bonds. The maximum Gasteiger partial charge on any atom is 0.225 e. The van der Waals surface area contributed by atoms with Crippen molar-refractivity contribution in [3.63, 3.8) is 0 Å². The fraction of sp³-hybridized carbons (Fsp3) is 0.526. The molecular weight excluding hydrogens is 382 g/mol. The second-order valence-corrected chi connectivity index (χ2v) is 8.81. The van der Waals surface area contributed by atoms with Crippen LogP contribution in [-0.2, 0) is 20.7 Å². The molecule has 0 aliphatic carbocycles. The van der Waals surface area contributed by atoms with Crippen molar-refractivity contribution < 1.29 is 14.3 Å². The van der Waals surface area contributed by atoms with Crippen LogP contribution in [0, 0.1) is 5.92 Å². The number of thiophene rings is 1.